The molecule has 0 aliphatic carbocycles. The summed E-state index contributed by atoms with van der Waals surface area (Å²) in [5.74, 6) is -0.267. The Labute approximate surface area is 186 Å². The highest BCUT2D eigenvalue weighted by atomic mass is 127. The number of anilines is 1. The van der Waals surface area contributed by atoms with Crippen LogP contribution in [0.1, 0.15) is 10.4 Å². The molecule has 1 aromatic heterocycles. The largest absolute Gasteiger partial charge is 0.322 e. The predicted octanol–water partition coefficient (Wildman–Crippen LogP) is 6.70. The molecule has 0 saturated heterocycles. The van der Waals surface area contributed by atoms with E-state index in [2.05, 4.69) is 57.7 Å². The smallest absolute Gasteiger partial charge is 0.257 e. The number of pyridine rings is 1. The van der Waals surface area contributed by atoms with Gasteiger partial charge in [0.05, 0.1) is 16.3 Å². The van der Waals surface area contributed by atoms with Gasteiger partial charge in [0.2, 0.25) is 0 Å². The summed E-state index contributed by atoms with van der Waals surface area (Å²) in [6, 6.07) is 20.9. The van der Waals surface area contributed by atoms with Crippen LogP contribution < -0.4 is 5.32 Å². The molecule has 4 aromatic rings. The first kappa shape index (κ1) is 19.2. The molecule has 0 radical (unpaired) electrons. The highest BCUT2D eigenvalue weighted by Crippen LogP contribution is 2.32. The number of nitrogens with zero attached hydrogens (tertiary/aromatic N) is 1. The lowest BCUT2D eigenvalue weighted by Gasteiger charge is -2.12. The highest BCUT2D eigenvalue weighted by molar-refractivity contribution is 14.1. The van der Waals surface area contributed by atoms with Crippen LogP contribution in [0, 0.1) is 3.57 Å². The monoisotopic (exact) mass is 516 g/mol. The fourth-order valence-electron chi connectivity index (χ4n) is 3.01. The van der Waals surface area contributed by atoms with Gasteiger partial charge in [-0.05, 0) is 70.4 Å². The van der Waals surface area contributed by atoms with Gasteiger partial charge in [-0.1, -0.05) is 35.9 Å². The number of hydrogen-bond acceptors (Lipinski definition) is 3. The van der Waals surface area contributed by atoms with E-state index < -0.39 is 0 Å². The summed E-state index contributed by atoms with van der Waals surface area (Å²) in [5.41, 5.74) is 2.94. The first-order valence-electron chi connectivity index (χ1n) is 8.46. The molecule has 0 aliphatic rings. The van der Waals surface area contributed by atoms with E-state index in [4.69, 9.17) is 11.6 Å². The second-order valence-electron chi connectivity index (χ2n) is 6.19. The topological polar surface area (TPSA) is 42.0 Å². The fourth-order valence-corrected chi connectivity index (χ4v) is 4.14. The van der Waals surface area contributed by atoms with E-state index in [1.165, 1.54) is 0 Å². The number of thiol groups is 1. The lowest BCUT2D eigenvalue weighted by Crippen LogP contribution is -2.12. The Bertz CT molecular complexity index is 1210. The van der Waals surface area contributed by atoms with Crippen molar-refractivity contribution in [2.24, 2.45) is 0 Å². The van der Waals surface area contributed by atoms with Crippen molar-refractivity contribution in [3.63, 3.8) is 0 Å². The number of hydrogen-bond donors (Lipinski definition) is 2. The molecule has 1 heterocycles. The van der Waals surface area contributed by atoms with Crippen LogP contribution in [-0.2, 0) is 0 Å². The van der Waals surface area contributed by atoms with Gasteiger partial charge in [0, 0.05) is 31.3 Å². The molecule has 28 heavy (non-hydrogen) atoms. The molecule has 3 nitrogen and oxygen atoms in total. The van der Waals surface area contributed by atoms with Crippen molar-refractivity contribution in [2.75, 3.05) is 5.32 Å². The maximum atomic E-state index is 12.7. The summed E-state index contributed by atoms with van der Waals surface area (Å²) < 4.78 is 1.05. The number of nitrogens with one attached hydrogen (secondary N) is 1. The van der Waals surface area contributed by atoms with Gasteiger partial charge >= 0.3 is 0 Å². The predicted molar refractivity (Wildman–Crippen MR) is 127 cm³/mol. The zero-order chi connectivity index (χ0) is 19.7. The quantitative estimate of drug-likeness (QED) is 0.235. The summed E-state index contributed by atoms with van der Waals surface area (Å²) in [7, 11) is 0. The molecule has 3 aromatic carbocycles. The van der Waals surface area contributed by atoms with Crippen molar-refractivity contribution in [1.82, 2.24) is 4.98 Å². The molecular weight excluding hydrogens is 503 g/mol. The fraction of sp³-hybridized carbons (Fsp3) is 0. The first-order valence-corrected chi connectivity index (χ1v) is 10.4. The Morgan fingerprint density at radius 2 is 1.86 bits per heavy atom. The Hall–Kier alpha value is -2.09. The molecule has 138 valence electrons. The summed E-state index contributed by atoms with van der Waals surface area (Å²) >= 11 is 12.7. The maximum absolute atomic E-state index is 12.7. The average Bonchev–Trinajstić information content (AvgIpc) is 2.69. The first-order chi connectivity index (χ1) is 13.5. The number of carbonyl (C=O) groups is 1. The van der Waals surface area contributed by atoms with Crippen LogP contribution in [0.2, 0.25) is 5.02 Å². The zero-order valence-electron chi connectivity index (χ0n) is 14.5. The van der Waals surface area contributed by atoms with Gasteiger partial charge in [0.1, 0.15) is 0 Å². The van der Waals surface area contributed by atoms with E-state index in [1.54, 1.807) is 24.4 Å². The standard InChI is InChI=1S/C22H14ClIN2OS/c23-19-12-15(28)6-7-17(19)22(27)26-14-5-8-20(24)18(11-14)21-16-4-2-1-3-13(16)9-10-25-21/h1-12,28H,(H,26,27). The SMILES string of the molecule is O=C(Nc1ccc(I)c(-c2nccc3ccccc23)c1)c1ccc(S)cc1Cl. The van der Waals surface area contributed by atoms with Gasteiger partial charge in [-0.15, -0.1) is 12.6 Å². The van der Waals surface area contributed by atoms with Crippen LogP contribution in [0.4, 0.5) is 5.69 Å². The molecule has 0 atom stereocenters. The van der Waals surface area contributed by atoms with Gasteiger partial charge in [0.15, 0.2) is 0 Å². The second kappa shape index (κ2) is 8.11. The lowest BCUT2D eigenvalue weighted by atomic mass is 10.0. The number of fused-ring (bicyclic) bond motifs is 1. The number of rotatable bonds is 3. The number of benzene rings is 3. The molecule has 0 spiro atoms. The van der Waals surface area contributed by atoms with Crippen molar-refractivity contribution >= 4 is 69.2 Å². The second-order valence-corrected chi connectivity index (χ2v) is 8.28. The van der Waals surface area contributed by atoms with E-state index in [1.807, 2.05) is 36.4 Å². The van der Waals surface area contributed by atoms with Crippen LogP contribution in [0.3, 0.4) is 0 Å². The molecule has 0 fully saturated rings. The average molecular weight is 517 g/mol. The van der Waals surface area contributed by atoms with Crippen molar-refractivity contribution in [3.8, 4) is 11.3 Å². The van der Waals surface area contributed by atoms with Crippen molar-refractivity contribution in [3.05, 3.63) is 87.1 Å². The van der Waals surface area contributed by atoms with Crippen molar-refractivity contribution < 1.29 is 4.79 Å². The third kappa shape index (κ3) is 3.87. The minimum Gasteiger partial charge on any atom is -0.322 e. The van der Waals surface area contributed by atoms with Gasteiger partial charge < -0.3 is 5.32 Å². The van der Waals surface area contributed by atoms with E-state index in [9.17, 15) is 4.79 Å². The molecule has 1 amide bonds. The Morgan fingerprint density at radius 1 is 1.04 bits per heavy atom. The number of halogens is 2. The highest BCUT2D eigenvalue weighted by Gasteiger charge is 2.14. The molecule has 0 saturated carbocycles. The third-order valence-corrected chi connectivity index (χ3v) is 5.88. The molecule has 6 heteroatoms. The van der Waals surface area contributed by atoms with E-state index in [0.29, 0.717) is 21.2 Å². The molecular formula is C22H14ClIN2OS. The summed E-state index contributed by atoms with van der Waals surface area (Å²) in [4.78, 5) is 18.0. The summed E-state index contributed by atoms with van der Waals surface area (Å²) in [5, 5.41) is 5.48. The van der Waals surface area contributed by atoms with Crippen molar-refractivity contribution in [2.45, 2.75) is 4.90 Å². The minimum absolute atomic E-state index is 0.267. The Morgan fingerprint density at radius 3 is 2.68 bits per heavy atom. The maximum Gasteiger partial charge on any atom is 0.257 e. The van der Waals surface area contributed by atoms with Gasteiger partial charge in [-0.3, -0.25) is 9.78 Å². The summed E-state index contributed by atoms with van der Waals surface area (Å²) in [6.45, 7) is 0. The normalized spacial score (nSPS) is 10.8. The zero-order valence-corrected chi connectivity index (χ0v) is 18.3. The van der Waals surface area contributed by atoms with Crippen LogP contribution >= 0.6 is 46.8 Å². The van der Waals surface area contributed by atoms with Crippen LogP contribution in [0.5, 0.6) is 0 Å². The minimum atomic E-state index is -0.267. The van der Waals surface area contributed by atoms with Gasteiger partial charge in [-0.25, -0.2) is 0 Å². The van der Waals surface area contributed by atoms with E-state index in [0.717, 1.165) is 25.6 Å². The number of amides is 1. The summed E-state index contributed by atoms with van der Waals surface area (Å²) in [6.07, 6.45) is 1.80. The molecule has 0 aliphatic heterocycles. The van der Waals surface area contributed by atoms with Gasteiger partial charge in [0.25, 0.3) is 5.91 Å². The van der Waals surface area contributed by atoms with Crippen LogP contribution in [-0.4, -0.2) is 10.9 Å². The van der Waals surface area contributed by atoms with E-state index in [-0.39, 0.29) is 5.91 Å². The lowest BCUT2D eigenvalue weighted by molar-refractivity contribution is 0.102. The third-order valence-electron chi connectivity index (χ3n) is 4.35. The number of carbonyl (C=O) groups excluding carboxylic acids is 1. The van der Waals surface area contributed by atoms with Crippen molar-refractivity contribution in [1.29, 1.82) is 0 Å². The molecule has 0 bridgehead atoms. The Balaban J connectivity index is 1.72. The number of aromatic nitrogens is 1. The Kier molecular flexibility index (Phi) is 5.57. The van der Waals surface area contributed by atoms with Gasteiger partial charge in [-0.2, -0.15) is 0 Å². The molecule has 1 N–H and O–H groups in total. The van der Waals surface area contributed by atoms with E-state index >= 15 is 0 Å². The van der Waals surface area contributed by atoms with Crippen LogP contribution in [0.15, 0.2) is 77.8 Å². The molecule has 0 unspecified atom stereocenters. The molecule has 4 rings (SSSR count). The van der Waals surface area contributed by atoms with Crippen LogP contribution in [0.25, 0.3) is 22.0 Å².